The molecule has 140 valence electrons. The van der Waals surface area contributed by atoms with Gasteiger partial charge >= 0.3 is 0 Å². The van der Waals surface area contributed by atoms with E-state index >= 15 is 0 Å². The molecule has 5 nitrogen and oxygen atoms in total. The highest BCUT2D eigenvalue weighted by Gasteiger charge is 2.18. The summed E-state index contributed by atoms with van der Waals surface area (Å²) in [5.41, 5.74) is 3.67. The van der Waals surface area contributed by atoms with E-state index in [1.807, 2.05) is 36.5 Å². The lowest BCUT2D eigenvalue weighted by Crippen LogP contribution is -1.97. The number of ether oxygens (including phenoxy) is 3. The van der Waals surface area contributed by atoms with E-state index in [1.54, 1.807) is 27.7 Å². The highest BCUT2D eigenvalue weighted by Crippen LogP contribution is 2.43. The van der Waals surface area contributed by atoms with Crippen LogP contribution in [0.25, 0.3) is 33.2 Å². The summed E-state index contributed by atoms with van der Waals surface area (Å²) in [5, 5.41) is 2.31. The van der Waals surface area contributed by atoms with Gasteiger partial charge in [-0.15, -0.1) is 0 Å². The van der Waals surface area contributed by atoms with Gasteiger partial charge in [0.1, 0.15) is 6.33 Å². The molecule has 0 saturated carbocycles. The Bertz CT molecular complexity index is 1110. The van der Waals surface area contributed by atoms with Gasteiger partial charge in [0.2, 0.25) is 5.75 Å². The molecule has 0 amide bonds. The van der Waals surface area contributed by atoms with Gasteiger partial charge in [-0.1, -0.05) is 42.5 Å². The maximum atomic E-state index is 5.51. The van der Waals surface area contributed by atoms with E-state index in [9.17, 15) is 0 Å². The first-order chi connectivity index (χ1) is 13.8. The third-order valence-corrected chi connectivity index (χ3v) is 4.73. The topological polar surface area (TPSA) is 53.5 Å². The van der Waals surface area contributed by atoms with Crippen LogP contribution in [0, 0.1) is 0 Å². The van der Waals surface area contributed by atoms with E-state index in [-0.39, 0.29) is 0 Å². The van der Waals surface area contributed by atoms with Crippen molar-refractivity contribution in [2.24, 2.45) is 0 Å². The number of aromatic nitrogens is 2. The van der Waals surface area contributed by atoms with Crippen LogP contribution < -0.4 is 14.2 Å². The fourth-order valence-electron chi connectivity index (χ4n) is 3.43. The Morgan fingerprint density at radius 2 is 1.46 bits per heavy atom. The maximum absolute atomic E-state index is 5.51. The number of methoxy groups -OCH3 is 3. The van der Waals surface area contributed by atoms with Crippen molar-refractivity contribution in [2.45, 2.75) is 0 Å². The van der Waals surface area contributed by atoms with Crippen molar-refractivity contribution in [3.05, 3.63) is 67.1 Å². The van der Waals surface area contributed by atoms with Gasteiger partial charge < -0.3 is 14.2 Å². The zero-order valence-corrected chi connectivity index (χ0v) is 16.0. The van der Waals surface area contributed by atoms with E-state index in [0.717, 1.165) is 27.8 Å². The summed E-state index contributed by atoms with van der Waals surface area (Å²) in [5.74, 6) is 1.72. The minimum Gasteiger partial charge on any atom is -0.493 e. The average Bonchev–Trinajstić information content (AvgIpc) is 2.77. The van der Waals surface area contributed by atoms with Crippen LogP contribution in [-0.2, 0) is 0 Å². The molecule has 0 atom stereocenters. The monoisotopic (exact) mass is 372 g/mol. The van der Waals surface area contributed by atoms with Gasteiger partial charge in [-0.25, -0.2) is 9.97 Å². The van der Waals surface area contributed by atoms with Gasteiger partial charge in [0.05, 0.1) is 27.0 Å². The Labute approximate surface area is 163 Å². The van der Waals surface area contributed by atoms with E-state index < -0.39 is 0 Å². The lowest BCUT2D eigenvalue weighted by Gasteiger charge is -2.16. The number of fused-ring (bicyclic) bond motifs is 1. The van der Waals surface area contributed by atoms with Crippen LogP contribution >= 0.6 is 0 Å². The maximum Gasteiger partial charge on any atom is 0.203 e. The van der Waals surface area contributed by atoms with E-state index in [0.29, 0.717) is 17.2 Å². The predicted octanol–water partition coefficient (Wildman–Crippen LogP) is 4.99. The Kier molecular flexibility index (Phi) is 4.81. The predicted molar refractivity (Wildman–Crippen MR) is 110 cm³/mol. The van der Waals surface area contributed by atoms with Gasteiger partial charge in [-0.05, 0) is 28.5 Å². The molecule has 0 N–H and O–H groups in total. The molecular weight excluding hydrogens is 352 g/mol. The molecule has 0 bridgehead atoms. The third-order valence-electron chi connectivity index (χ3n) is 4.73. The first-order valence-electron chi connectivity index (χ1n) is 8.85. The summed E-state index contributed by atoms with van der Waals surface area (Å²) in [6.45, 7) is 0. The molecule has 0 aliphatic rings. The smallest absolute Gasteiger partial charge is 0.203 e. The highest BCUT2D eigenvalue weighted by molar-refractivity contribution is 5.99. The molecular formula is C23H20N2O3. The SMILES string of the molecule is COc1cc(-c2ncncc2-c2cccc3ccccc23)cc(OC)c1OC. The first kappa shape index (κ1) is 17.8. The van der Waals surface area contributed by atoms with Crippen LogP contribution in [0.2, 0.25) is 0 Å². The van der Waals surface area contributed by atoms with E-state index in [1.165, 1.54) is 5.39 Å². The second-order valence-electron chi connectivity index (χ2n) is 6.23. The standard InChI is InChI=1S/C23H20N2O3/c1-26-20-11-16(12-21(27-2)23(20)28-3)22-19(13-24-14-25-22)18-10-6-8-15-7-4-5-9-17(15)18/h4-14H,1-3H3. The summed E-state index contributed by atoms with van der Waals surface area (Å²) in [6.07, 6.45) is 3.39. The van der Waals surface area contributed by atoms with Crippen molar-refractivity contribution in [3.63, 3.8) is 0 Å². The molecule has 28 heavy (non-hydrogen) atoms. The molecule has 4 aromatic rings. The normalized spacial score (nSPS) is 10.7. The summed E-state index contributed by atoms with van der Waals surface area (Å²) in [7, 11) is 4.80. The summed E-state index contributed by atoms with van der Waals surface area (Å²) >= 11 is 0. The quantitative estimate of drug-likeness (QED) is 0.494. The van der Waals surface area contributed by atoms with Crippen LogP contribution in [-0.4, -0.2) is 31.3 Å². The van der Waals surface area contributed by atoms with Crippen LogP contribution in [0.15, 0.2) is 67.1 Å². The van der Waals surface area contributed by atoms with Gasteiger partial charge in [0.25, 0.3) is 0 Å². The second-order valence-corrected chi connectivity index (χ2v) is 6.23. The molecule has 1 aromatic heterocycles. The average molecular weight is 372 g/mol. The molecule has 0 saturated heterocycles. The molecule has 1 heterocycles. The van der Waals surface area contributed by atoms with E-state index in [4.69, 9.17) is 14.2 Å². The summed E-state index contributed by atoms with van der Waals surface area (Å²) in [6, 6.07) is 18.3. The highest BCUT2D eigenvalue weighted by atomic mass is 16.5. The molecule has 0 aliphatic heterocycles. The molecule has 4 rings (SSSR count). The molecule has 0 spiro atoms. The zero-order chi connectivity index (χ0) is 19.5. The number of hydrogen-bond acceptors (Lipinski definition) is 5. The van der Waals surface area contributed by atoms with Crippen molar-refractivity contribution in [1.29, 1.82) is 0 Å². The van der Waals surface area contributed by atoms with Gasteiger partial charge in [0, 0.05) is 17.3 Å². The van der Waals surface area contributed by atoms with Crippen LogP contribution in [0.3, 0.4) is 0 Å². The zero-order valence-electron chi connectivity index (χ0n) is 16.0. The van der Waals surface area contributed by atoms with Gasteiger partial charge in [-0.3, -0.25) is 0 Å². The van der Waals surface area contributed by atoms with Crippen LogP contribution in [0.5, 0.6) is 17.2 Å². The Hall–Kier alpha value is -3.60. The number of benzene rings is 3. The lowest BCUT2D eigenvalue weighted by atomic mass is 9.95. The summed E-state index contributed by atoms with van der Waals surface area (Å²) < 4.78 is 16.5. The molecule has 0 fully saturated rings. The van der Waals surface area contributed by atoms with Crippen molar-refractivity contribution < 1.29 is 14.2 Å². The van der Waals surface area contributed by atoms with Crippen LogP contribution in [0.1, 0.15) is 0 Å². The fraction of sp³-hybridized carbons (Fsp3) is 0.130. The minimum atomic E-state index is 0.550. The molecule has 0 unspecified atom stereocenters. The number of rotatable bonds is 5. The van der Waals surface area contributed by atoms with Crippen molar-refractivity contribution in [2.75, 3.05) is 21.3 Å². The largest absolute Gasteiger partial charge is 0.493 e. The number of hydrogen-bond donors (Lipinski definition) is 0. The second kappa shape index (κ2) is 7.56. The minimum absolute atomic E-state index is 0.550. The Morgan fingerprint density at radius 3 is 2.18 bits per heavy atom. The van der Waals surface area contributed by atoms with E-state index in [2.05, 4.69) is 34.2 Å². The Balaban J connectivity index is 1.97. The lowest BCUT2D eigenvalue weighted by molar-refractivity contribution is 0.324. The third kappa shape index (κ3) is 3.01. The van der Waals surface area contributed by atoms with Crippen molar-refractivity contribution >= 4 is 10.8 Å². The van der Waals surface area contributed by atoms with Crippen molar-refractivity contribution in [3.8, 4) is 39.6 Å². The van der Waals surface area contributed by atoms with Crippen molar-refractivity contribution in [1.82, 2.24) is 9.97 Å². The molecule has 3 aromatic carbocycles. The molecule has 5 heteroatoms. The fourth-order valence-corrected chi connectivity index (χ4v) is 3.43. The molecule has 0 aliphatic carbocycles. The summed E-state index contributed by atoms with van der Waals surface area (Å²) in [4.78, 5) is 8.85. The first-order valence-corrected chi connectivity index (χ1v) is 8.85. The van der Waals surface area contributed by atoms with Crippen LogP contribution in [0.4, 0.5) is 0 Å². The number of nitrogens with zero attached hydrogens (tertiary/aromatic N) is 2. The van der Waals surface area contributed by atoms with Gasteiger partial charge in [-0.2, -0.15) is 0 Å². The van der Waals surface area contributed by atoms with Gasteiger partial charge in [0.15, 0.2) is 11.5 Å². The molecule has 0 radical (unpaired) electrons. The Morgan fingerprint density at radius 1 is 0.750 bits per heavy atom.